The lowest BCUT2D eigenvalue weighted by molar-refractivity contribution is 0.628. The van der Waals surface area contributed by atoms with Crippen molar-refractivity contribution in [3.8, 4) is 0 Å². The molecule has 8 heteroatoms. The summed E-state index contributed by atoms with van der Waals surface area (Å²) in [6.45, 7) is 3.27. The number of hydrogen-bond acceptors (Lipinski definition) is 7. The van der Waals surface area contributed by atoms with E-state index >= 15 is 0 Å². The molecule has 1 fully saturated rings. The summed E-state index contributed by atoms with van der Waals surface area (Å²) in [5, 5.41) is 3.04. The molecular weight excluding hydrogens is 333 g/mol. The maximum atomic E-state index is 13.3. The van der Waals surface area contributed by atoms with E-state index < -0.39 is 0 Å². The summed E-state index contributed by atoms with van der Waals surface area (Å²) in [6, 6.07) is 9.93. The third kappa shape index (κ3) is 3.69. The average molecular weight is 351 g/mol. The lowest BCUT2D eigenvalue weighted by Gasteiger charge is -2.35. The van der Waals surface area contributed by atoms with Crippen molar-refractivity contribution in [1.82, 2.24) is 19.9 Å². The highest BCUT2D eigenvalue weighted by Crippen LogP contribution is 2.19. The number of hydrogen-bond donors (Lipinski definition) is 1. The molecule has 2 aromatic heterocycles. The molecule has 1 N–H and O–H groups in total. The minimum absolute atomic E-state index is 0.301. The van der Waals surface area contributed by atoms with Crippen LogP contribution in [0.2, 0.25) is 0 Å². The van der Waals surface area contributed by atoms with Gasteiger partial charge in [0.2, 0.25) is 11.9 Å². The normalized spacial score (nSPS) is 14.3. The summed E-state index contributed by atoms with van der Waals surface area (Å²) in [5.41, 5.74) is 0.619. The molecule has 0 aliphatic carbocycles. The Bertz CT molecular complexity index is 866. The molecule has 1 aliphatic rings. The fourth-order valence-corrected chi connectivity index (χ4v) is 2.87. The van der Waals surface area contributed by atoms with E-state index in [0.29, 0.717) is 11.6 Å². The van der Waals surface area contributed by atoms with Gasteiger partial charge in [0.15, 0.2) is 0 Å². The van der Waals surface area contributed by atoms with Crippen molar-refractivity contribution in [3.05, 3.63) is 60.8 Å². The number of aromatic nitrogens is 4. The molecule has 26 heavy (non-hydrogen) atoms. The zero-order valence-corrected chi connectivity index (χ0v) is 14.1. The van der Waals surface area contributed by atoms with Gasteiger partial charge in [-0.3, -0.25) is 0 Å². The van der Waals surface area contributed by atoms with Crippen molar-refractivity contribution in [1.29, 1.82) is 0 Å². The fraction of sp³-hybridized carbons (Fsp3) is 0.222. The average Bonchev–Trinajstić information content (AvgIpc) is 2.69. The molecule has 1 aliphatic heterocycles. The van der Waals surface area contributed by atoms with Gasteiger partial charge < -0.3 is 15.1 Å². The van der Waals surface area contributed by atoms with Gasteiger partial charge in [-0.15, -0.1) is 0 Å². The van der Waals surface area contributed by atoms with Crippen LogP contribution in [0.4, 0.5) is 27.8 Å². The highest BCUT2D eigenvalue weighted by atomic mass is 19.1. The molecule has 0 spiro atoms. The molecule has 3 heterocycles. The Labute approximate surface area is 150 Å². The lowest BCUT2D eigenvalue weighted by atomic mass is 10.3. The van der Waals surface area contributed by atoms with E-state index in [-0.39, 0.29) is 5.82 Å². The van der Waals surface area contributed by atoms with Gasteiger partial charge in [0.05, 0.1) is 0 Å². The molecular formula is C18H18FN7. The Morgan fingerprint density at radius 1 is 0.846 bits per heavy atom. The first-order valence-corrected chi connectivity index (χ1v) is 8.40. The zero-order valence-electron chi connectivity index (χ0n) is 14.1. The van der Waals surface area contributed by atoms with Gasteiger partial charge in [-0.1, -0.05) is 6.07 Å². The summed E-state index contributed by atoms with van der Waals surface area (Å²) >= 11 is 0. The van der Waals surface area contributed by atoms with Crippen molar-refractivity contribution in [2.45, 2.75) is 0 Å². The number of nitrogens with zero attached hydrogens (tertiary/aromatic N) is 6. The molecule has 1 saturated heterocycles. The van der Waals surface area contributed by atoms with Crippen LogP contribution in [0, 0.1) is 5.82 Å². The smallest absolute Gasteiger partial charge is 0.229 e. The van der Waals surface area contributed by atoms with Crippen LogP contribution in [0.15, 0.2) is 55.0 Å². The van der Waals surface area contributed by atoms with Crippen LogP contribution >= 0.6 is 0 Å². The maximum absolute atomic E-state index is 13.3. The number of rotatable bonds is 4. The third-order valence-corrected chi connectivity index (χ3v) is 4.16. The zero-order chi connectivity index (χ0) is 17.8. The van der Waals surface area contributed by atoms with E-state index in [2.05, 4.69) is 35.1 Å². The van der Waals surface area contributed by atoms with Crippen LogP contribution < -0.4 is 15.1 Å². The molecule has 4 rings (SSSR count). The maximum Gasteiger partial charge on any atom is 0.229 e. The number of anilines is 4. The third-order valence-electron chi connectivity index (χ3n) is 4.16. The van der Waals surface area contributed by atoms with E-state index in [4.69, 9.17) is 0 Å². The van der Waals surface area contributed by atoms with Gasteiger partial charge in [0.25, 0.3) is 0 Å². The molecule has 0 radical (unpaired) electrons. The Kier molecular flexibility index (Phi) is 4.55. The monoisotopic (exact) mass is 351 g/mol. The molecule has 0 atom stereocenters. The van der Waals surface area contributed by atoms with Crippen molar-refractivity contribution in [2.75, 3.05) is 41.3 Å². The van der Waals surface area contributed by atoms with Gasteiger partial charge >= 0.3 is 0 Å². The summed E-state index contributed by atoms with van der Waals surface area (Å²) in [5.74, 6) is 1.74. The first-order chi connectivity index (χ1) is 12.8. The van der Waals surface area contributed by atoms with Crippen molar-refractivity contribution in [2.24, 2.45) is 0 Å². The molecule has 132 valence electrons. The number of benzene rings is 1. The van der Waals surface area contributed by atoms with E-state index in [0.717, 1.165) is 37.9 Å². The Hall–Kier alpha value is -3.29. The highest BCUT2D eigenvalue weighted by Gasteiger charge is 2.20. The molecule has 0 unspecified atom stereocenters. The van der Waals surface area contributed by atoms with Crippen LogP contribution in [0.25, 0.3) is 0 Å². The van der Waals surface area contributed by atoms with E-state index in [1.807, 2.05) is 12.1 Å². The van der Waals surface area contributed by atoms with Crippen LogP contribution in [0.5, 0.6) is 0 Å². The number of nitrogens with one attached hydrogen (secondary N) is 1. The summed E-state index contributed by atoms with van der Waals surface area (Å²) in [6.07, 6.45) is 5.21. The van der Waals surface area contributed by atoms with Crippen LogP contribution in [-0.2, 0) is 0 Å². The number of halogens is 1. The van der Waals surface area contributed by atoms with Crippen molar-refractivity contribution >= 4 is 23.4 Å². The molecule has 0 saturated carbocycles. The first-order valence-electron chi connectivity index (χ1n) is 8.40. The summed E-state index contributed by atoms with van der Waals surface area (Å²) in [4.78, 5) is 21.7. The Morgan fingerprint density at radius 3 is 2.38 bits per heavy atom. The SMILES string of the molecule is Fc1cccc(Nc2nccc(N3CCN(c4ncccn4)CC3)n2)c1. The predicted octanol–water partition coefficient (Wildman–Crippen LogP) is 2.48. The van der Waals surface area contributed by atoms with Crippen molar-refractivity contribution in [3.63, 3.8) is 0 Å². The second kappa shape index (κ2) is 7.30. The van der Waals surface area contributed by atoms with Crippen LogP contribution in [0.1, 0.15) is 0 Å². The predicted molar refractivity (Wildman–Crippen MR) is 98.2 cm³/mol. The highest BCUT2D eigenvalue weighted by molar-refractivity contribution is 5.55. The van der Waals surface area contributed by atoms with E-state index in [9.17, 15) is 4.39 Å². The second-order valence-corrected chi connectivity index (χ2v) is 5.90. The molecule has 7 nitrogen and oxygen atoms in total. The number of piperazine rings is 1. The standard InChI is InChI=1S/C18H18FN7/c19-14-3-1-4-15(13-14)23-17-20-8-5-16(24-17)25-9-11-26(12-10-25)18-21-6-2-7-22-18/h1-8,13H,9-12H2,(H,20,23,24). The Morgan fingerprint density at radius 2 is 1.62 bits per heavy atom. The summed E-state index contributed by atoms with van der Waals surface area (Å²) < 4.78 is 13.3. The molecule has 0 amide bonds. The van der Waals surface area contributed by atoms with Crippen LogP contribution in [-0.4, -0.2) is 46.1 Å². The van der Waals surface area contributed by atoms with Gasteiger partial charge in [-0.2, -0.15) is 4.98 Å². The first kappa shape index (κ1) is 16.2. The summed E-state index contributed by atoms with van der Waals surface area (Å²) in [7, 11) is 0. The quantitative estimate of drug-likeness (QED) is 0.774. The minimum atomic E-state index is -0.301. The van der Waals surface area contributed by atoms with Crippen molar-refractivity contribution < 1.29 is 4.39 Å². The lowest BCUT2D eigenvalue weighted by Crippen LogP contribution is -2.47. The van der Waals surface area contributed by atoms with Gasteiger partial charge in [-0.25, -0.2) is 19.3 Å². The van der Waals surface area contributed by atoms with Gasteiger partial charge in [0, 0.05) is 50.5 Å². The van der Waals surface area contributed by atoms with Gasteiger partial charge in [-0.05, 0) is 30.3 Å². The topological polar surface area (TPSA) is 70.1 Å². The van der Waals surface area contributed by atoms with E-state index in [1.165, 1.54) is 12.1 Å². The van der Waals surface area contributed by atoms with E-state index in [1.54, 1.807) is 30.7 Å². The molecule has 0 bridgehead atoms. The van der Waals surface area contributed by atoms with Crippen LogP contribution in [0.3, 0.4) is 0 Å². The largest absolute Gasteiger partial charge is 0.353 e. The van der Waals surface area contributed by atoms with Gasteiger partial charge in [0.1, 0.15) is 11.6 Å². The minimum Gasteiger partial charge on any atom is -0.353 e. The fourth-order valence-electron chi connectivity index (χ4n) is 2.87. The molecule has 1 aromatic carbocycles. The second-order valence-electron chi connectivity index (χ2n) is 5.90. The Balaban J connectivity index is 1.43. The molecule has 3 aromatic rings.